The highest BCUT2D eigenvalue weighted by Crippen LogP contribution is 2.50. The molecule has 14 heavy (non-hydrogen) atoms. The van der Waals surface area contributed by atoms with Gasteiger partial charge in [-0.1, -0.05) is 0 Å². The number of carbonyl (C=O) groups excluding carboxylic acids is 1. The summed E-state index contributed by atoms with van der Waals surface area (Å²) in [5.74, 6) is -4.43. The maximum atomic E-state index is 12.6. The minimum atomic E-state index is -2.80. The van der Waals surface area contributed by atoms with Crippen molar-refractivity contribution >= 4 is 5.91 Å². The summed E-state index contributed by atoms with van der Waals surface area (Å²) >= 11 is 0. The number of aliphatic hydroxyl groups is 1. The highest BCUT2D eigenvalue weighted by atomic mass is 19.3. The van der Waals surface area contributed by atoms with E-state index in [1.165, 1.54) is 4.90 Å². The second-order valence-corrected chi connectivity index (χ2v) is 4.25. The third-order valence-electron chi connectivity index (χ3n) is 2.96. The predicted octanol–water partition coefficient (Wildman–Crippen LogP) is 0.623. The van der Waals surface area contributed by atoms with Gasteiger partial charge in [0.25, 0.3) is 5.92 Å². The van der Waals surface area contributed by atoms with Gasteiger partial charge in [-0.15, -0.1) is 0 Å². The zero-order valence-corrected chi connectivity index (χ0v) is 7.91. The molecule has 0 bridgehead atoms. The third-order valence-corrected chi connectivity index (χ3v) is 2.96. The summed E-state index contributed by atoms with van der Waals surface area (Å²) < 4.78 is 25.2. The van der Waals surface area contributed by atoms with Crippen LogP contribution >= 0.6 is 0 Å². The molecule has 1 aliphatic heterocycles. The molecule has 5 heteroatoms. The molecule has 1 saturated carbocycles. The van der Waals surface area contributed by atoms with Crippen molar-refractivity contribution in [2.45, 2.75) is 37.8 Å². The van der Waals surface area contributed by atoms with Crippen molar-refractivity contribution in [2.24, 2.45) is 5.92 Å². The van der Waals surface area contributed by atoms with E-state index in [0.29, 0.717) is 6.42 Å². The summed E-state index contributed by atoms with van der Waals surface area (Å²) in [5.41, 5.74) is 0. The molecule has 0 radical (unpaired) electrons. The van der Waals surface area contributed by atoms with Crippen molar-refractivity contribution in [1.82, 2.24) is 4.90 Å². The highest BCUT2D eigenvalue weighted by Gasteiger charge is 2.62. The number of amides is 1. The fourth-order valence-corrected chi connectivity index (χ4v) is 1.99. The molecule has 2 rings (SSSR count). The summed E-state index contributed by atoms with van der Waals surface area (Å²) in [4.78, 5) is 12.9. The summed E-state index contributed by atoms with van der Waals surface area (Å²) in [6.07, 6.45) is -0.392. The normalized spacial score (nSPS) is 40.0. The van der Waals surface area contributed by atoms with E-state index in [1.807, 2.05) is 0 Å². The molecule has 3 nitrogen and oxygen atoms in total. The standard InChI is InChI=1S/C9H13F2NO2/c1-5-2-6(13)4-12(5)8(14)7-3-9(7,10)11/h5-7,13H,2-4H2,1H3/t5-,6-,7?/m1/s1. The first-order valence-electron chi connectivity index (χ1n) is 4.78. The fraction of sp³-hybridized carbons (Fsp3) is 0.889. The Morgan fingerprint density at radius 3 is 2.50 bits per heavy atom. The largest absolute Gasteiger partial charge is 0.391 e. The van der Waals surface area contributed by atoms with Crippen LogP contribution in [0.25, 0.3) is 0 Å². The molecular weight excluding hydrogens is 192 g/mol. The zero-order chi connectivity index (χ0) is 10.5. The van der Waals surface area contributed by atoms with Gasteiger partial charge in [-0.2, -0.15) is 0 Å². The first-order valence-corrected chi connectivity index (χ1v) is 4.78. The molecule has 1 saturated heterocycles. The molecule has 2 aliphatic rings. The van der Waals surface area contributed by atoms with Crippen LogP contribution in [0.3, 0.4) is 0 Å². The number of halogens is 2. The number of carbonyl (C=O) groups is 1. The summed E-state index contributed by atoms with van der Waals surface area (Å²) in [6, 6.07) is -0.117. The smallest absolute Gasteiger partial charge is 0.260 e. The SMILES string of the molecule is C[C@@H]1C[C@@H](O)CN1C(=O)C1CC1(F)F. The maximum Gasteiger partial charge on any atom is 0.260 e. The lowest BCUT2D eigenvalue weighted by atomic mass is 10.2. The lowest BCUT2D eigenvalue weighted by molar-refractivity contribution is -0.135. The Morgan fingerprint density at radius 1 is 1.57 bits per heavy atom. The quantitative estimate of drug-likeness (QED) is 0.681. The first kappa shape index (κ1) is 9.83. The van der Waals surface area contributed by atoms with Crippen LogP contribution in [0.15, 0.2) is 0 Å². The Morgan fingerprint density at radius 2 is 2.14 bits per heavy atom. The Kier molecular flexibility index (Phi) is 2.03. The van der Waals surface area contributed by atoms with Crippen molar-refractivity contribution in [3.63, 3.8) is 0 Å². The van der Waals surface area contributed by atoms with Gasteiger partial charge < -0.3 is 10.0 Å². The minimum Gasteiger partial charge on any atom is -0.391 e. The molecule has 0 aromatic carbocycles. The van der Waals surface area contributed by atoms with E-state index in [2.05, 4.69) is 0 Å². The van der Waals surface area contributed by atoms with E-state index in [0.717, 1.165) is 0 Å². The fourth-order valence-electron chi connectivity index (χ4n) is 1.99. The van der Waals surface area contributed by atoms with Crippen molar-refractivity contribution in [3.05, 3.63) is 0 Å². The number of hydrogen-bond donors (Lipinski definition) is 1. The monoisotopic (exact) mass is 205 g/mol. The predicted molar refractivity (Wildman–Crippen MR) is 44.9 cm³/mol. The van der Waals surface area contributed by atoms with Gasteiger partial charge in [-0.25, -0.2) is 8.78 Å². The number of β-amino-alcohol motifs (C(OH)–C–C–N with tert-alkyl or cyclic N) is 1. The van der Waals surface area contributed by atoms with Crippen molar-refractivity contribution in [2.75, 3.05) is 6.54 Å². The number of rotatable bonds is 1. The molecule has 1 amide bonds. The summed E-state index contributed by atoms with van der Waals surface area (Å²) in [7, 11) is 0. The highest BCUT2D eigenvalue weighted by molar-refractivity contribution is 5.83. The van der Waals surface area contributed by atoms with Crippen molar-refractivity contribution in [3.8, 4) is 0 Å². The molecule has 0 aromatic heterocycles. The van der Waals surface area contributed by atoms with Crippen LogP contribution < -0.4 is 0 Å². The Balaban J connectivity index is 1.99. The number of hydrogen-bond acceptors (Lipinski definition) is 2. The topological polar surface area (TPSA) is 40.5 Å². The van der Waals surface area contributed by atoms with Crippen LogP contribution in [0, 0.1) is 5.92 Å². The molecule has 80 valence electrons. The van der Waals surface area contributed by atoms with Crippen LogP contribution in [0.5, 0.6) is 0 Å². The molecule has 1 heterocycles. The average molecular weight is 205 g/mol. The van der Waals surface area contributed by atoms with Crippen LogP contribution in [-0.2, 0) is 4.79 Å². The summed E-state index contributed by atoms with van der Waals surface area (Å²) in [5, 5.41) is 9.27. The van der Waals surface area contributed by atoms with Crippen LogP contribution in [0.2, 0.25) is 0 Å². The van der Waals surface area contributed by atoms with Gasteiger partial charge in [-0.05, 0) is 13.3 Å². The second-order valence-electron chi connectivity index (χ2n) is 4.25. The van der Waals surface area contributed by atoms with E-state index in [9.17, 15) is 18.7 Å². The zero-order valence-electron chi connectivity index (χ0n) is 7.91. The number of nitrogens with zero attached hydrogens (tertiary/aromatic N) is 1. The van der Waals surface area contributed by atoms with Gasteiger partial charge >= 0.3 is 0 Å². The molecule has 1 unspecified atom stereocenters. The molecule has 1 aliphatic carbocycles. The van der Waals surface area contributed by atoms with Crippen molar-refractivity contribution < 1.29 is 18.7 Å². The molecule has 0 aromatic rings. The molecular formula is C9H13F2NO2. The van der Waals surface area contributed by atoms with Gasteiger partial charge in [0, 0.05) is 19.0 Å². The van der Waals surface area contributed by atoms with Gasteiger partial charge in [0.15, 0.2) is 0 Å². The maximum absolute atomic E-state index is 12.6. The first-order chi connectivity index (χ1) is 6.42. The number of likely N-dealkylation sites (tertiary alicyclic amines) is 1. The van der Waals surface area contributed by atoms with Crippen LogP contribution in [0.1, 0.15) is 19.8 Å². The molecule has 3 atom stereocenters. The molecule has 1 N–H and O–H groups in total. The third kappa shape index (κ3) is 1.49. The van der Waals surface area contributed by atoms with Gasteiger partial charge in [0.2, 0.25) is 5.91 Å². The number of aliphatic hydroxyl groups excluding tert-OH is 1. The number of alkyl halides is 2. The Labute approximate surface area is 80.7 Å². The average Bonchev–Trinajstić information content (AvgIpc) is 2.55. The van der Waals surface area contributed by atoms with E-state index >= 15 is 0 Å². The van der Waals surface area contributed by atoms with E-state index in [-0.39, 0.29) is 19.0 Å². The van der Waals surface area contributed by atoms with Crippen LogP contribution in [0.4, 0.5) is 8.78 Å². The van der Waals surface area contributed by atoms with Gasteiger partial charge in [-0.3, -0.25) is 4.79 Å². The molecule has 2 fully saturated rings. The second kappa shape index (κ2) is 2.89. The van der Waals surface area contributed by atoms with Gasteiger partial charge in [0.1, 0.15) is 5.92 Å². The van der Waals surface area contributed by atoms with Crippen molar-refractivity contribution in [1.29, 1.82) is 0 Å². The van der Waals surface area contributed by atoms with Gasteiger partial charge in [0.05, 0.1) is 6.10 Å². The van der Waals surface area contributed by atoms with E-state index < -0.39 is 23.9 Å². The summed E-state index contributed by atoms with van der Waals surface area (Å²) in [6.45, 7) is 1.97. The Bertz CT molecular complexity index is 270. The Hall–Kier alpha value is -0.710. The van der Waals surface area contributed by atoms with E-state index in [4.69, 9.17) is 0 Å². The minimum absolute atomic E-state index is 0.117. The van der Waals surface area contributed by atoms with Crippen LogP contribution in [-0.4, -0.2) is 40.5 Å². The lowest BCUT2D eigenvalue weighted by Gasteiger charge is -2.20. The van der Waals surface area contributed by atoms with E-state index in [1.54, 1.807) is 6.92 Å². The molecule has 0 spiro atoms. The lowest BCUT2D eigenvalue weighted by Crippen LogP contribution is -2.36.